The van der Waals surface area contributed by atoms with E-state index in [1.807, 2.05) is 0 Å². The van der Waals surface area contributed by atoms with Crippen LogP contribution in [0, 0.1) is 6.92 Å². The maximum Gasteiger partial charge on any atom is 0.336 e. The topological polar surface area (TPSA) is 119 Å². The van der Waals surface area contributed by atoms with Gasteiger partial charge in [0.2, 0.25) is 0 Å². The van der Waals surface area contributed by atoms with Crippen molar-refractivity contribution < 1.29 is 23.8 Å². The molecule has 0 saturated carbocycles. The van der Waals surface area contributed by atoms with Crippen LogP contribution in [0.3, 0.4) is 0 Å². The summed E-state index contributed by atoms with van der Waals surface area (Å²) in [6, 6.07) is 7.13. The zero-order valence-corrected chi connectivity index (χ0v) is 15.4. The zero-order valence-electron chi connectivity index (χ0n) is 14.7. The van der Waals surface area contributed by atoms with Gasteiger partial charge in [0, 0.05) is 33.8 Å². The maximum absolute atomic E-state index is 11.9. The molecule has 144 valence electrons. The van der Waals surface area contributed by atoms with Crippen molar-refractivity contribution in [3.8, 4) is 5.75 Å². The van der Waals surface area contributed by atoms with Crippen LogP contribution in [0.4, 0.5) is 0 Å². The molecule has 3 rings (SSSR count). The lowest BCUT2D eigenvalue weighted by atomic mass is 10.1. The SMILES string of the molecule is Cc1c(O)ccc2c(COC(=O)CNC(=O)c3cc(Cl)ccn3)cc(=O)oc12. The Morgan fingerprint density at radius 1 is 1.29 bits per heavy atom. The van der Waals surface area contributed by atoms with Crippen molar-refractivity contribution in [2.45, 2.75) is 13.5 Å². The second-order valence-electron chi connectivity index (χ2n) is 5.88. The number of aromatic hydroxyl groups is 1. The molecule has 2 aromatic heterocycles. The first-order valence-electron chi connectivity index (χ1n) is 8.16. The number of hydrogen-bond acceptors (Lipinski definition) is 7. The highest BCUT2D eigenvalue weighted by atomic mass is 35.5. The molecule has 0 fully saturated rings. The summed E-state index contributed by atoms with van der Waals surface area (Å²) in [5.74, 6) is -1.29. The zero-order chi connectivity index (χ0) is 20.3. The standard InChI is InChI=1S/C19H15ClN2O6/c1-10-15(23)3-2-13-11(6-16(24)28-18(10)13)9-27-17(25)8-22-19(26)14-7-12(20)4-5-21-14/h2-7,23H,8-9H2,1H3,(H,22,26). The number of carbonyl (C=O) groups excluding carboxylic acids is 2. The predicted octanol–water partition coefficient (Wildman–Crippen LogP) is 2.33. The summed E-state index contributed by atoms with van der Waals surface area (Å²) in [7, 11) is 0. The number of pyridine rings is 1. The highest BCUT2D eigenvalue weighted by molar-refractivity contribution is 6.30. The van der Waals surface area contributed by atoms with E-state index in [-0.39, 0.29) is 30.2 Å². The van der Waals surface area contributed by atoms with Gasteiger partial charge in [0.15, 0.2) is 0 Å². The molecule has 0 saturated heterocycles. The molecule has 1 amide bonds. The third-order valence-corrected chi connectivity index (χ3v) is 4.19. The van der Waals surface area contributed by atoms with Gasteiger partial charge in [-0.2, -0.15) is 0 Å². The molecule has 2 N–H and O–H groups in total. The molecule has 0 aliphatic rings. The molecule has 1 aromatic carbocycles. The molecule has 9 heteroatoms. The molecule has 0 aliphatic heterocycles. The number of phenolic OH excluding ortho intramolecular Hbond substituents is 1. The fourth-order valence-electron chi connectivity index (χ4n) is 2.52. The van der Waals surface area contributed by atoms with Crippen LogP contribution in [0.2, 0.25) is 5.02 Å². The highest BCUT2D eigenvalue weighted by Crippen LogP contribution is 2.27. The summed E-state index contributed by atoms with van der Waals surface area (Å²) in [5.41, 5.74) is 0.489. The van der Waals surface area contributed by atoms with E-state index in [4.69, 9.17) is 20.8 Å². The second kappa shape index (κ2) is 8.10. The fraction of sp³-hybridized carbons (Fsp3) is 0.158. The van der Waals surface area contributed by atoms with E-state index in [0.717, 1.165) is 0 Å². The van der Waals surface area contributed by atoms with Gasteiger partial charge in [0.25, 0.3) is 5.91 Å². The molecule has 2 heterocycles. The van der Waals surface area contributed by atoms with Crippen LogP contribution in [0.5, 0.6) is 5.75 Å². The van der Waals surface area contributed by atoms with Gasteiger partial charge in [-0.15, -0.1) is 0 Å². The highest BCUT2D eigenvalue weighted by Gasteiger charge is 2.14. The van der Waals surface area contributed by atoms with Crippen LogP contribution in [0.15, 0.2) is 45.7 Å². The second-order valence-corrected chi connectivity index (χ2v) is 6.32. The van der Waals surface area contributed by atoms with Gasteiger partial charge in [0.1, 0.15) is 30.2 Å². The number of aryl methyl sites for hydroxylation is 1. The largest absolute Gasteiger partial charge is 0.508 e. The minimum absolute atomic E-state index is 0.0119. The number of nitrogens with zero attached hydrogens (tertiary/aromatic N) is 1. The van der Waals surface area contributed by atoms with Crippen LogP contribution in [-0.4, -0.2) is 28.5 Å². The van der Waals surface area contributed by atoms with Crippen LogP contribution in [0.1, 0.15) is 21.6 Å². The average molecular weight is 403 g/mol. The van der Waals surface area contributed by atoms with Crippen LogP contribution in [-0.2, 0) is 16.1 Å². The summed E-state index contributed by atoms with van der Waals surface area (Å²) in [5, 5.41) is 13.0. The number of aromatic nitrogens is 1. The van der Waals surface area contributed by atoms with E-state index in [0.29, 0.717) is 21.5 Å². The summed E-state index contributed by atoms with van der Waals surface area (Å²) >= 11 is 5.79. The molecule has 0 aliphatic carbocycles. The maximum atomic E-state index is 11.9. The molecule has 0 atom stereocenters. The lowest BCUT2D eigenvalue weighted by Crippen LogP contribution is -2.31. The number of benzene rings is 1. The smallest absolute Gasteiger partial charge is 0.336 e. The predicted molar refractivity (Wildman–Crippen MR) is 100 cm³/mol. The number of phenols is 1. The number of esters is 1. The van der Waals surface area contributed by atoms with Crippen molar-refractivity contribution in [3.63, 3.8) is 0 Å². The van der Waals surface area contributed by atoms with Crippen molar-refractivity contribution in [2.75, 3.05) is 6.54 Å². The summed E-state index contributed by atoms with van der Waals surface area (Å²) in [4.78, 5) is 39.5. The third kappa shape index (κ3) is 4.29. The molecule has 28 heavy (non-hydrogen) atoms. The molecular formula is C19H15ClN2O6. The molecule has 3 aromatic rings. The lowest BCUT2D eigenvalue weighted by molar-refractivity contribution is -0.143. The number of halogens is 1. The van der Waals surface area contributed by atoms with Gasteiger partial charge in [-0.25, -0.2) is 4.79 Å². The van der Waals surface area contributed by atoms with Crippen LogP contribution in [0.25, 0.3) is 11.0 Å². The summed E-state index contributed by atoms with van der Waals surface area (Å²) in [6.45, 7) is 1.03. The number of carbonyl (C=O) groups is 2. The normalized spacial score (nSPS) is 10.6. The Bertz CT molecular complexity index is 1130. The van der Waals surface area contributed by atoms with Crippen LogP contribution < -0.4 is 10.9 Å². The molecule has 8 nitrogen and oxygen atoms in total. The van der Waals surface area contributed by atoms with Gasteiger partial charge in [0.05, 0.1) is 0 Å². The van der Waals surface area contributed by atoms with Gasteiger partial charge >= 0.3 is 11.6 Å². The summed E-state index contributed by atoms with van der Waals surface area (Å²) in [6.07, 6.45) is 1.38. The van der Waals surface area contributed by atoms with E-state index < -0.39 is 17.5 Å². The molecule has 0 spiro atoms. The number of amides is 1. The Hall–Kier alpha value is -3.39. The number of fused-ring (bicyclic) bond motifs is 1. The minimum Gasteiger partial charge on any atom is -0.508 e. The molecule has 0 bridgehead atoms. The molecule has 0 unspecified atom stereocenters. The van der Waals surface area contributed by atoms with Gasteiger partial charge < -0.3 is 19.6 Å². The quantitative estimate of drug-likeness (QED) is 0.496. The van der Waals surface area contributed by atoms with Crippen molar-refractivity contribution in [1.29, 1.82) is 0 Å². The lowest BCUT2D eigenvalue weighted by Gasteiger charge is -2.09. The average Bonchev–Trinajstić information content (AvgIpc) is 2.67. The van der Waals surface area contributed by atoms with E-state index in [1.165, 1.54) is 30.5 Å². The van der Waals surface area contributed by atoms with E-state index in [9.17, 15) is 19.5 Å². The number of hydrogen-bond donors (Lipinski definition) is 2. The summed E-state index contributed by atoms with van der Waals surface area (Å²) < 4.78 is 10.3. The van der Waals surface area contributed by atoms with Gasteiger partial charge in [-0.05, 0) is 31.2 Å². The number of rotatable bonds is 5. The Morgan fingerprint density at radius 3 is 2.82 bits per heavy atom. The minimum atomic E-state index is -0.702. The first-order chi connectivity index (χ1) is 13.3. The van der Waals surface area contributed by atoms with Crippen molar-refractivity contribution in [3.05, 3.63) is 68.8 Å². The Morgan fingerprint density at radius 2 is 2.07 bits per heavy atom. The van der Waals surface area contributed by atoms with Crippen LogP contribution >= 0.6 is 11.6 Å². The Balaban J connectivity index is 1.66. The monoisotopic (exact) mass is 402 g/mol. The molecule has 0 radical (unpaired) electrons. The number of ether oxygens (including phenoxy) is 1. The van der Waals surface area contributed by atoms with Gasteiger partial charge in [-0.3, -0.25) is 14.6 Å². The first kappa shape index (κ1) is 19.4. The van der Waals surface area contributed by atoms with E-state index in [2.05, 4.69) is 10.3 Å². The molecular weight excluding hydrogens is 388 g/mol. The first-order valence-corrected chi connectivity index (χ1v) is 8.53. The van der Waals surface area contributed by atoms with Crippen molar-refractivity contribution in [1.82, 2.24) is 10.3 Å². The Kier molecular flexibility index (Phi) is 5.60. The van der Waals surface area contributed by atoms with Gasteiger partial charge in [-0.1, -0.05) is 11.6 Å². The van der Waals surface area contributed by atoms with E-state index in [1.54, 1.807) is 13.0 Å². The van der Waals surface area contributed by atoms with Crippen molar-refractivity contribution in [2.24, 2.45) is 0 Å². The van der Waals surface area contributed by atoms with Crippen molar-refractivity contribution >= 4 is 34.4 Å². The number of nitrogens with one attached hydrogen (secondary N) is 1. The third-order valence-electron chi connectivity index (χ3n) is 3.95. The van der Waals surface area contributed by atoms with E-state index >= 15 is 0 Å². The fourth-order valence-corrected chi connectivity index (χ4v) is 2.68. The Labute approximate surface area is 163 Å².